The monoisotopic (exact) mass is 302 g/mol. The number of aryl methyl sites for hydroxylation is 1. The number of alkyl halides is 1. The van der Waals surface area contributed by atoms with E-state index in [1.54, 1.807) is 0 Å². The number of benzene rings is 2. The van der Waals surface area contributed by atoms with Crippen LogP contribution in [0.4, 0.5) is 0 Å². The molecule has 0 aromatic heterocycles. The van der Waals surface area contributed by atoms with E-state index in [0.29, 0.717) is 0 Å². The topological polar surface area (TPSA) is 0 Å². The normalized spacial score (nSPS) is 10.5. The highest BCUT2D eigenvalue weighted by atomic mass is 79.9. The average Bonchev–Trinajstić information content (AvgIpc) is 2.36. The third-order valence-corrected chi connectivity index (χ3v) is 5.07. The lowest BCUT2D eigenvalue weighted by atomic mass is 10.1. The minimum Gasteiger partial charge on any atom is -0.0876 e. The first-order valence-corrected chi connectivity index (χ1v) is 7.81. The van der Waals surface area contributed by atoms with Gasteiger partial charge in [-0.25, -0.2) is 0 Å². The van der Waals surface area contributed by atoms with E-state index in [-0.39, 0.29) is 0 Å². The van der Waals surface area contributed by atoms with Crippen LogP contribution >= 0.6 is 15.9 Å². The molecule has 0 aliphatic heterocycles. The second kappa shape index (κ2) is 5.65. The summed E-state index contributed by atoms with van der Waals surface area (Å²) in [6.07, 6.45) is 0. The maximum atomic E-state index is 3.47. The summed E-state index contributed by atoms with van der Waals surface area (Å²) < 4.78 is 0. The highest BCUT2D eigenvalue weighted by Crippen LogP contribution is 2.04. The first-order chi connectivity index (χ1) is 8.20. The predicted molar refractivity (Wildman–Crippen MR) is 80.0 cm³/mol. The van der Waals surface area contributed by atoms with Gasteiger partial charge in [-0.15, -0.1) is 0 Å². The standard InChI is InChI=1S/C15H15BrSi/c1-11-4-3-5-15(12(11)2)17-14-8-6-13(10-16)7-9-14/h3-9H,10H2,1-2H3. The Balaban J connectivity index is 2.22. The van der Waals surface area contributed by atoms with Crippen LogP contribution in [0.3, 0.4) is 0 Å². The molecular formula is C15H15BrSi. The van der Waals surface area contributed by atoms with Crippen molar-refractivity contribution in [1.82, 2.24) is 0 Å². The zero-order valence-corrected chi connectivity index (χ0v) is 12.7. The minimum absolute atomic E-state index is 0.754. The lowest BCUT2D eigenvalue weighted by Gasteiger charge is -2.08. The first kappa shape index (κ1) is 12.6. The van der Waals surface area contributed by atoms with E-state index in [4.69, 9.17) is 0 Å². The van der Waals surface area contributed by atoms with Gasteiger partial charge >= 0.3 is 0 Å². The zero-order chi connectivity index (χ0) is 12.3. The summed E-state index contributed by atoms with van der Waals surface area (Å²) in [5.74, 6) is 0. The first-order valence-electron chi connectivity index (χ1n) is 5.69. The largest absolute Gasteiger partial charge is 0.121 e. The Morgan fingerprint density at radius 1 is 1.00 bits per heavy atom. The van der Waals surface area contributed by atoms with Crippen LogP contribution in [-0.4, -0.2) is 9.52 Å². The Hall–Kier alpha value is -0.863. The Kier molecular flexibility index (Phi) is 4.19. The third kappa shape index (κ3) is 3.08. The van der Waals surface area contributed by atoms with E-state index >= 15 is 0 Å². The molecule has 86 valence electrons. The van der Waals surface area contributed by atoms with Gasteiger partial charge in [0.15, 0.2) is 0 Å². The molecule has 0 saturated carbocycles. The number of rotatable bonds is 3. The van der Waals surface area contributed by atoms with Crippen molar-refractivity contribution in [3.63, 3.8) is 0 Å². The molecule has 0 spiro atoms. The van der Waals surface area contributed by atoms with Gasteiger partial charge in [0.05, 0.1) is 0 Å². The Morgan fingerprint density at radius 3 is 2.35 bits per heavy atom. The van der Waals surface area contributed by atoms with Crippen LogP contribution in [0.5, 0.6) is 0 Å². The van der Waals surface area contributed by atoms with Gasteiger partial charge in [-0.05, 0) is 30.5 Å². The van der Waals surface area contributed by atoms with E-state index in [9.17, 15) is 0 Å². The van der Waals surface area contributed by atoms with Crippen molar-refractivity contribution in [3.05, 3.63) is 59.2 Å². The number of halogens is 1. The second-order valence-electron chi connectivity index (χ2n) is 4.20. The smallest absolute Gasteiger partial charge is 0.0876 e. The Bertz CT molecular complexity index is 503. The van der Waals surface area contributed by atoms with Crippen molar-refractivity contribution in [2.75, 3.05) is 0 Å². The highest BCUT2D eigenvalue weighted by molar-refractivity contribution is 9.08. The Morgan fingerprint density at radius 2 is 1.71 bits per heavy atom. The molecule has 0 heterocycles. The summed E-state index contributed by atoms with van der Waals surface area (Å²) in [7, 11) is 0.754. The van der Waals surface area contributed by atoms with Gasteiger partial charge in [0.1, 0.15) is 9.52 Å². The fraction of sp³-hybridized carbons (Fsp3) is 0.200. The van der Waals surface area contributed by atoms with Crippen LogP contribution < -0.4 is 10.4 Å². The van der Waals surface area contributed by atoms with E-state index in [1.165, 1.54) is 27.1 Å². The van der Waals surface area contributed by atoms with Gasteiger partial charge in [-0.1, -0.05) is 68.8 Å². The molecular weight excluding hydrogens is 288 g/mol. The molecule has 0 fully saturated rings. The molecule has 0 N–H and O–H groups in total. The Labute approximate surface area is 114 Å². The average molecular weight is 303 g/mol. The lowest BCUT2D eigenvalue weighted by Crippen LogP contribution is -2.29. The molecule has 17 heavy (non-hydrogen) atoms. The summed E-state index contributed by atoms with van der Waals surface area (Å²) in [6, 6.07) is 15.4. The van der Waals surface area contributed by atoms with Crippen LogP contribution in [0, 0.1) is 13.8 Å². The molecule has 0 aliphatic carbocycles. The van der Waals surface area contributed by atoms with E-state index in [1.807, 2.05) is 0 Å². The number of hydrogen-bond acceptors (Lipinski definition) is 0. The second-order valence-corrected chi connectivity index (χ2v) is 6.13. The molecule has 0 nitrogen and oxygen atoms in total. The quantitative estimate of drug-likeness (QED) is 0.604. The van der Waals surface area contributed by atoms with Crippen molar-refractivity contribution in [3.8, 4) is 0 Å². The minimum atomic E-state index is 0.754. The maximum Gasteiger partial charge on any atom is 0.121 e. The van der Waals surface area contributed by atoms with E-state index < -0.39 is 0 Å². The van der Waals surface area contributed by atoms with Gasteiger partial charge in [0.25, 0.3) is 0 Å². The molecule has 0 unspecified atom stereocenters. The van der Waals surface area contributed by atoms with Crippen molar-refractivity contribution >= 4 is 35.8 Å². The van der Waals surface area contributed by atoms with Gasteiger partial charge in [-0.2, -0.15) is 0 Å². The summed E-state index contributed by atoms with van der Waals surface area (Å²) >= 11 is 3.47. The summed E-state index contributed by atoms with van der Waals surface area (Å²) in [5.41, 5.74) is 4.14. The molecule has 0 saturated heterocycles. The fourth-order valence-corrected chi connectivity index (χ4v) is 3.30. The molecule has 2 aromatic carbocycles. The molecule has 2 heteroatoms. The molecule has 0 aliphatic rings. The highest BCUT2D eigenvalue weighted by Gasteiger charge is 2.03. The van der Waals surface area contributed by atoms with Crippen molar-refractivity contribution in [2.24, 2.45) is 0 Å². The van der Waals surface area contributed by atoms with Crippen molar-refractivity contribution in [2.45, 2.75) is 19.2 Å². The van der Waals surface area contributed by atoms with Crippen LogP contribution in [0.1, 0.15) is 16.7 Å². The van der Waals surface area contributed by atoms with Gasteiger partial charge in [-0.3, -0.25) is 0 Å². The van der Waals surface area contributed by atoms with Gasteiger partial charge in [0, 0.05) is 5.33 Å². The maximum absolute atomic E-state index is 3.47. The summed E-state index contributed by atoms with van der Waals surface area (Å²) in [5, 5.41) is 3.79. The lowest BCUT2D eigenvalue weighted by molar-refractivity contribution is 1.37. The summed E-state index contributed by atoms with van der Waals surface area (Å²) in [6.45, 7) is 4.39. The van der Waals surface area contributed by atoms with E-state index in [0.717, 1.165) is 14.8 Å². The van der Waals surface area contributed by atoms with Crippen molar-refractivity contribution in [1.29, 1.82) is 0 Å². The molecule has 0 amide bonds. The zero-order valence-electron chi connectivity index (χ0n) is 10.1. The fourth-order valence-electron chi connectivity index (χ4n) is 1.72. The van der Waals surface area contributed by atoms with E-state index in [2.05, 4.69) is 72.2 Å². The van der Waals surface area contributed by atoms with Crippen LogP contribution in [0.15, 0.2) is 42.5 Å². The molecule has 2 aromatic rings. The number of hydrogen-bond donors (Lipinski definition) is 0. The van der Waals surface area contributed by atoms with Gasteiger partial charge in [0.2, 0.25) is 0 Å². The van der Waals surface area contributed by atoms with Crippen LogP contribution in [0.2, 0.25) is 0 Å². The third-order valence-electron chi connectivity index (χ3n) is 2.99. The molecule has 2 radical (unpaired) electrons. The molecule has 2 rings (SSSR count). The van der Waals surface area contributed by atoms with Gasteiger partial charge < -0.3 is 0 Å². The van der Waals surface area contributed by atoms with Crippen LogP contribution in [0.25, 0.3) is 0 Å². The van der Waals surface area contributed by atoms with Crippen LogP contribution in [-0.2, 0) is 5.33 Å². The molecule has 0 bridgehead atoms. The SMILES string of the molecule is Cc1cccc([Si]c2ccc(CBr)cc2)c1C. The predicted octanol–water partition coefficient (Wildman–Crippen LogP) is 2.85. The van der Waals surface area contributed by atoms with Crippen molar-refractivity contribution < 1.29 is 0 Å². The molecule has 0 atom stereocenters. The summed E-state index contributed by atoms with van der Waals surface area (Å²) in [4.78, 5) is 0.